The number of esters is 1. The van der Waals surface area contributed by atoms with Crippen LogP contribution >= 0.6 is 0 Å². The summed E-state index contributed by atoms with van der Waals surface area (Å²) in [5, 5.41) is 0. The highest BCUT2D eigenvalue weighted by atomic mass is 16.5. The Kier molecular flexibility index (Phi) is 7.87. The number of rotatable bonds is 10. The lowest BCUT2D eigenvalue weighted by Crippen LogP contribution is -2.35. The number of carbonyl (C=O) groups excluding carboxylic acids is 2. The fraction of sp³-hybridized carbons (Fsp3) is 0.762. The first kappa shape index (κ1) is 21.5. The highest BCUT2D eigenvalue weighted by Crippen LogP contribution is 2.54. The Morgan fingerprint density at radius 1 is 1.30 bits per heavy atom. The lowest BCUT2D eigenvalue weighted by Gasteiger charge is -2.23. The van der Waals surface area contributed by atoms with E-state index in [2.05, 4.69) is 25.8 Å². The van der Waals surface area contributed by atoms with Crippen LogP contribution in [0, 0.1) is 17.8 Å². The van der Waals surface area contributed by atoms with Gasteiger partial charge in [0, 0.05) is 24.4 Å². The molecular weight excluding hydrogens is 342 g/mol. The number of nitrogens with two attached hydrogens (primary N) is 1. The number of hydrogen-bond acceptors (Lipinski definition) is 5. The molecule has 3 atom stereocenters. The molecule has 6 nitrogen and oxygen atoms in total. The Morgan fingerprint density at radius 3 is 2.67 bits per heavy atom. The molecule has 2 rings (SSSR count). The van der Waals surface area contributed by atoms with Crippen LogP contribution in [0.5, 0.6) is 0 Å². The SMILES string of the molecule is CCCN(CCC(C)CC)C(=O)CN=C1CC2CC2/C1=C(/N)C(=O)OCC. The van der Waals surface area contributed by atoms with Crippen LogP contribution in [-0.4, -0.2) is 48.7 Å². The van der Waals surface area contributed by atoms with E-state index in [1.54, 1.807) is 6.92 Å². The zero-order valence-corrected chi connectivity index (χ0v) is 17.3. The summed E-state index contributed by atoms with van der Waals surface area (Å²) in [5.74, 6) is 1.05. The van der Waals surface area contributed by atoms with Gasteiger partial charge in [0.1, 0.15) is 12.2 Å². The second-order valence-electron chi connectivity index (χ2n) is 7.80. The Hall–Kier alpha value is -1.85. The molecule has 3 unspecified atom stereocenters. The fourth-order valence-electron chi connectivity index (χ4n) is 3.70. The van der Waals surface area contributed by atoms with E-state index in [1.165, 1.54) is 0 Å². The summed E-state index contributed by atoms with van der Waals surface area (Å²) in [4.78, 5) is 31.2. The average Bonchev–Trinajstić information content (AvgIpc) is 3.32. The number of amides is 1. The summed E-state index contributed by atoms with van der Waals surface area (Å²) >= 11 is 0. The molecule has 27 heavy (non-hydrogen) atoms. The van der Waals surface area contributed by atoms with Crippen molar-refractivity contribution in [2.75, 3.05) is 26.2 Å². The maximum atomic E-state index is 12.7. The van der Waals surface area contributed by atoms with Crippen LogP contribution in [0.25, 0.3) is 0 Å². The zero-order chi connectivity index (χ0) is 20.0. The van der Waals surface area contributed by atoms with Crippen molar-refractivity contribution in [2.45, 2.75) is 59.8 Å². The van der Waals surface area contributed by atoms with Crippen molar-refractivity contribution in [1.29, 1.82) is 0 Å². The highest BCUT2D eigenvalue weighted by Gasteiger charge is 2.50. The van der Waals surface area contributed by atoms with Gasteiger partial charge in [0.25, 0.3) is 0 Å². The third-order valence-electron chi connectivity index (χ3n) is 5.69. The van der Waals surface area contributed by atoms with Gasteiger partial charge in [-0.2, -0.15) is 0 Å². The normalized spacial score (nSPS) is 25.1. The first-order valence-electron chi connectivity index (χ1n) is 10.4. The molecule has 0 aromatic heterocycles. The quantitative estimate of drug-likeness (QED) is 0.468. The predicted octanol–water partition coefficient (Wildman–Crippen LogP) is 2.92. The largest absolute Gasteiger partial charge is 0.461 e. The van der Waals surface area contributed by atoms with E-state index in [0.717, 1.165) is 56.5 Å². The Balaban J connectivity index is 2.04. The molecule has 2 fully saturated rings. The van der Waals surface area contributed by atoms with Crippen LogP contribution in [0.1, 0.15) is 59.8 Å². The summed E-state index contributed by atoms with van der Waals surface area (Å²) in [7, 11) is 0. The van der Waals surface area contributed by atoms with Crippen LogP contribution in [-0.2, 0) is 14.3 Å². The number of hydrogen-bond donors (Lipinski definition) is 1. The van der Waals surface area contributed by atoms with E-state index < -0.39 is 5.97 Å². The van der Waals surface area contributed by atoms with E-state index >= 15 is 0 Å². The van der Waals surface area contributed by atoms with Gasteiger partial charge in [-0.1, -0.05) is 27.2 Å². The fourth-order valence-corrected chi connectivity index (χ4v) is 3.70. The average molecular weight is 378 g/mol. The highest BCUT2D eigenvalue weighted by molar-refractivity contribution is 6.10. The van der Waals surface area contributed by atoms with Crippen molar-refractivity contribution in [3.8, 4) is 0 Å². The van der Waals surface area contributed by atoms with Crippen LogP contribution in [0.2, 0.25) is 0 Å². The third-order valence-corrected chi connectivity index (χ3v) is 5.69. The summed E-state index contributed by atoms with van der Waals surface area (Å²) in [6.45, 7) is 10.2. The number of aliphatic imine (C=N–C) groups is 1. The van der Waals surface area contributed by atoms with Crippen molar-refractivity contribution in [3.63, 3.8) is 0 Å². The number of allylic oxidation sites excluding steroid dienone is 1. The number of ether oxygens (including phenoxy) is 1. The van der Waals surface area contributed by atoms with Gasteiger partial charge in [-0.3, -0.25) is 9.79 Å². The second kappa shape index (κ2) is 9.90. The van der Waals surface area contributed by atoms with E-state index in [1.807, 2.05) is 4.90 Å². The van der Waals surface area contributed by atoms with Gasteiger partial charge < -0.3 is 15.4 Å². The maximum Gasteiger partial charge on any atom is 0.354 e. The Labute approximate surface area is 163 Å². The number of carbonyl (C=O) groups is 2. The van der Waals surface area contributed by atoms with Crippen molar-refractivity contribution in [2.24, 2.45) is 28.5 Å². The van der Waals surface area contributed by atoms with Gasteiger partial charge in [0.2, 0.25) is 5.91 Å². The molecule has 2 N–H and O–H groups in total. The molecule has 2 saturated carbocycles. The topological polar surface area (TPSA) is 85.0 Å². The van der Waals surface area contributed by atoms with Gasteiger partial charge in [-0.15, -0.1) is 0 Å². The molecule has 1 amide bonds. The minimum Gasteiger partial charge on any atom is -0.461 e. The lowest BCUT2D eigenvalue weighted by molar-refractivity contribution is -0.138. The van der Waals surface area contributed by atoms with E-state index in [0.29, 0.717) is 24.4 Å². The van der Waals surface area contributed by atoms with Crippen molar-refractivity contribution in [1.82, 2.24) is 4.90 Å². The monoisotopic (exact) mass is 377 g/mol. The summed E-state index contributed by atoms with van der Waals surface area (Å²) < 4.78 is 5.04. The smallest absolute Gasteiger partial charge is 0.354 e. The molecule has 2 aliphatic carbocycles. The lowest BCUT2D eigenvalue weighted by atomic mass is 10.0. The summed E-state index contributed by atoms with van der Waals surface area (Å²) in [6.07, 6.45) is 4.95. The van der Waals surface area contributed by atoms with Gasteiger partial charge in [0.05, 0.1) is 6.61 Å². The third kappa shape index (κ3) is 5.56. The van der Waals surface area contributed by atoms with Crippen LogP contribution in [0.3, 0.4) is 0 Å². The molecule has 152 valence electrons. The zero-order valence-electron chi connectivity index (χ0n) is 17.3. The van der Waals surface area contributed by atoms with Crippen LogP contribution in [0.4, 0.5) is 0 Å². The van der Waals surface area contributed by atoms with E-state index in [-0.39, 0.29) is 18.1 Å². The van der Waals surface area contributed by atoms with Crippen molar-refractivity contribution >= 4 is 17.6 Å². The summed E-state index contributed by atoms with van der Waals surface area (Å²) in [5.41, 5.74) is 7.89. The molecule has 0 spiro atoms. The standard InChI is InChI=1S/C21H35N3O3/c1-5-9-24(10-8-14(4)6-2)18(25)13-23-17-12-15-11-16(15)19(17)20(22)21(26)27-7-3/h14-16H,5-13,22H2,1-4H3/b20-19-,23-17?. The van der Waals surface area contributed by atoms with Crippen LogP contribution in [0.15, 0.2) is 16.3 Å². The number of fused-ring (bicyclic) bond motifs is 1. The molecule has 0 aromatic carbocycles. The first-order valence-corrected chi connectivity index (χ1v) is 10.4. The van der Waals surface area contributed by atoms with E-state index in [9.17, 15) is 9.59 Å². The van der Waals surface area contributed by atoms with Gasteiger partial charge in [-0.25, -0.2) is 4.79 Å². The molecule has 0 radical (unpaired) electrons. The van der Waals surface area contributed by atoms with Crippen molar-refractivity contribution < 1.29 is 14.3 Å². The van der Waals surface area contributed by atoms with Gasteiger partial charge >= 0.3 is 5.97 Å². The molecule has 0 aromatic rings. The molecule has 0 saturated heterocycles. The van der Waals surface area contributed by atoms with E-state index in [4.69, 9.17) is 10.5 Å². The summed E-state index contributed by atoms with van der Waals surface area (Å²) in [6, 6.07) is 0. The maximum absolute atomic E-state index is 12.7. The predicted molar refractivity (Wildman–Crippen MR) is 107 cm³/mol. The molecule has 0 bridgehead atoms. The molecule has 6 heteroatoms. The van der Waals surface area contributed by atoms with Gasteiger partial charge in [-0.05, 0) is 50.4 Å². The van der Waals surface area contributed by atoms with Gasteiger partial charge in [0.15, 0.2) is 0 Å². The number of nitrogens with zero attached hydrogens (tertiary/aromatic N) is 2. The first-order chi connectivity index (χ1) is 12.9. The second-order valence-corrected chi connectivity index (χ2v) is 7.80. The molecule has 0 heterocycles. The molecule has 2 aliphatic rings. The van der Waals surface area contributed by atoms with Crippen molar-refractivity contribution in [3.05, 3.63) is 11.3 Å². The Morgan fingerprint density at radius 2 is 2.04 bits per heavy atom. The molecular formula is C21H35N3O3. The van der Waals surface area contributed by atoms with Crippen LogP contribution < -0.4 is 5.73 Å². The molecule has 0 aliphatic heterocycles. The minimum atomic E-state index is -0.472. The minimum absolute atomic E-state index is 0.0577. The Bertz CT molecular complexity index is 612.